The topological polar surface area (TPSA) is 32.3 Å². The van der Waals surface area contributed by atoms with Gasteiger partial charge in [-0.15, -0.1) is 11.6 Å². The zero-order valence-electron chi connectivity index (χ0n) is 9.21. The Kier molecular flexibility index (Phi) is 3.52. The van der Waals surface area contributed by atoms with E-state index in [1.54, 1.807) is 6.92 Å². The maximum absolute atomic E-state index is 11.4. The predicted octanol–water partition coefficient (Wildman–Crippen LogP) is 1.36. The number of piperidine rings is 1. The lowest BCUT2D eigenvalue weighted by molar-refractivity contribution is -0.121. The molecule has 0 aromatic carbocycles. The van der Waals surface area contributed by atoms with Crippen molar-refractivity contribution < 1.29 is 4.79 Å². The molecule has 1 amide bonds. The largest absolute Gasteiger partial charge is 0.352 e. The van der Waals surface area contributed by atoms with Gasteiger partial charge in [-0.2, -0.15) is 0 Å². The van der Waals surface area contributed by atoms with Gasteiger partial charge < -0.3 is 10.2 Å². The van der Waals surface area contributed by atoms with Gasteiger partial charge in [-0.05, 0) is 32.6 Å². The zero-order chi connectivity index (χ0) is 10.8. The van der Waals surface area contributed by atoms with Crippen LogP contribution in [0.4, 0.5) is 0 Å². The number of nitrogens with zero attached hydrogens (tertiary/aromatic N) is 1. The van der Waals surface area contributed by atoms with Gasteiger partial charge in [-0.1, -0.05) is 0 Å². The zero-order valence-corrected chi connectivity index (χ0v) is 9.96. The number of carbonyl (C=O) groups excluding carboxylic acids is 1. The molecule has 2 rings (SSSR count). The Balaban J connectivity index is 1.70. The second-order valence-electron chi connectivity index (χ2n) is 4.67. The Bertz CT molecular complexity index is 233. The third-order valence-corrected chi connectivity index (χ3v) is 3.50. The van der Waals surface area contributed by atoms with Crippen LogP contribution in [-0.4, -0.2) is 41.4 Å². The molecule has 1 heterocycles. The van der Waals surface area contributed by atoms with Crippen molar-refractivity contribution in [2.45, 2.75) is 50.1 Å². The Hall–Kier alpha value is -0.280. The van der Waals surface area contributed by atoms with Gasteiger partial charge >= 0.3 is 0 Å². The summed E-state index contributed by atoms with van der Waals surface area (Å²) in [5.74, 6) is -0.0264. The van der Waals surface area contributed by atoms with Gasteiger partial charge in [0.2, 0.25) is 5.91 Å². The molecule has 4 heteroatoms. The lowest BCUT2D eigenvalue weighted by Crippen LogP contribution is -2.46. The van der Waals surface area contributed by atoms with Crippen LogP contribution in [0.25, 0.3) is 0 Å². The molecule has 1 saturated heterocycles. The molecule has 0 spiro atoms. The van der Waals surface area contributed by atoms with E-state index < -0.39 is 5.38 Å². The fraction of sp³-hybridized carbons (Fsp3) is 0.909. The van der Waals surface area contributed by atoms with Crippen LogP contribution in [0.3, 0.4) is 0 Å². The molecule has 1 aliphatic carbocycles. The molecule has 2 aliphatic rings. The van der Waals surface area contributed by atoms with Crippen LogP contribution in [0.15, 0.2) is 0 Å². The summed E-state index contributed by atoms with van der Waals surface area (Å²) in [5, 5.41) is 2.59. The Morgan fingerprint density at radius 1 is 1.33 bits per heavy atom. The molecule has 0 radical (unpaired) electrons. The van der Waals surface area contributed by atoms with Gasteiger partial charge in [0.05, 0.1) is 0 Å². The molecular formula is C11H19ClN2O. The van der Waals surface area contributed by atoms with Crippen LogP contribution in [0.2, 0.25) is 0 Å². The van der Waals surface area contributed by atoms with Crippen LogP contribution in [-0.2, 0) is 4.79 Å². The van der Waals surface area contributed by atoms with Crippen molar-refractivity contribution in [1.29, 1.82) is 0 Å². The second-order valence-corrected chi connectivity index (χ2v) is 5.32. The summed E-state index contributed by atoms with van der Waals surface area (Å²) in [7, 11) is 0. The molecule has 1 unspecified atom stereocenters. The third-order valence-electron chi connectivity index (χ3n) is 3.30. The van der Waals surface area contributed by atoms with Crippen molar-refractivity contribution in [2.24, 2.45) is 0 Å². The smallest absolute Gasteiger partial charge is 0.237 e. The van der Waals surface area contributed by atoms with Crippen LogP contribution in [0, 0.1) is 0 Å². The number of halogens is 1. The predicted molar refractivity (Wildman–Crippen MR) is 61.1 cm³/mol. The van der Waals surface area contributed by atoms with Crippen LogP contribution in [0.5, 0.6) is 0 Å². The molecule has 1 atom stereocenters. The van der Waals surface area contributed by atoms with Gasteiger partial charge in [-0.25, -0.2) is 0 Å². The average molecular weight is 231 g/mol. The van der Waals surface area contributed by atoms with Crippen molar-refractivity contribution in [2.75, 3.05) is 13.1 Å². The fourth-order valence-corrected chi connectivity index (χ4v) is 2.23. The van der Waals surface area contributed by atoms with Gasteiger partial charge in [-0.3, -0.25) is 4.79 Å². The van der Waals surface area contributed by atoms with Crippen molar-refractivity contribution >= 4 is 17.5 Å². The normalized spacial score (nSPS) is 26.3. The molecule has 86 valence electrons. The van der Waals surface area contributed by atoms with Gasteiger partial charge in [0.25, 0.3) is 0 Å². The highest BCUT2D eigenvalue weighted by atomic mass is 35.5. The molecule has 0 aromatic heterocycles. The van der Waals surface area contributed by atoms with E-state index in [9.17, 15) is 4.79 Å². The van der Waals surface area contributed by atoms with E-state index in [4.69, 9.17) is 11.6 Å². The summed E-state index contributed by atoms with van der Waals surface area (Å²) in [4.78, 5) is 13.9. The molecular weight excluding hydrogens is 212 g/mol. The summed E-state index contributed by atoms with van der Waals surface area (Å²) in [5.41, 5.74) is 0. The number of hydrogen-bond acceptors (Lipinski definition) is 2. The summed E-state index contributed by atoms with van der Waals surface area (Å²) in [6, 6.07) is 1.20. The van der Waals surface area contributed by atoms with E-state index in [0.717, 1.165) is 32.0 Å². The highest BCUT2D eigenvalue weighted by molar-refractivity contribution is 6.30. The van der Waals surface area contributed by atoms with Gasteiger partial charge in [0.15, 0.2) is 0 Å². The number of alkyl halides is 1. The first kappa shape index (κ1) is 11.2. The van der Waals surface area contributed by atoms with E-state index in [-0.39, 0.29) is 5.91 Å². The van der Waals surface area contributed by atoms with Gasteiger partial charge in [0.1, 0.15) is 5.38 Å². The number of amides is 1. The number of hydrogen-bond donors (Lipinski definition) is 1. The Labute approximate surface area is 96.2 Å². The lowest BCUT2D eigenvalue weighted by Gasteiger charge is -2.32. The van der Waals surface area contributed by atoms with Crippen LogP contribution in [0.1, 0.15) is 32.6 Å². The minimum absolute atomic E-state index is 0.0264. The molecule has 0 bridgehead atoms. The van der Waals surface area contributed by atoms with E-state index in [1.165, 1.54) is 12.8 Å². The summed E-state index contributed by atoms with van der Waals surface area (Å²) >= 11 is 5.71. The second kappa shape index (κ2) is 4.71. The molecule has 0 aromatic rings. The molecule has 3 nitrogen and oxygen atoms in total. The quantitative estimate of drug-likeness (QED) is 0.743. The standard InChI is InChI=1S/C11H19ClN2O/c1-8(12)11(15)13-9-4-6-14(7-5-9)10-2-3-10/h8-10H,2-7H2,1H3,(H,13,15). The van der Waals surface area contributed by atoms with Crippen molar-refractivity contribution in [3.63, 3.8) is 0 Å². The molecule has 15 heavy (non-hydrogen) atoms. The number of rotatable bonds is 3. The van der Waals surface area contributed by atoms with E-state index in [0.29, 0.717) is 6.04 Å². The lowest BCUT2D eigenvalue weighted by atomic mass is 10.0. The average Bonchev–Trinajstić information content (AvgIpc) is 3.02. The minimum Gasteiger partial charge on any atom is -0.352 e. The summed E-state index contributed by atoms with van der Waals surface area (Å²) < 4.78 is 0. The molecule has 1 saturated carbocycles. The van der Waals surface area contributed by atoms with E-state index >= 15 is 0 Å². The van der Waals surface area contributed by atoms with Crippen molar-refractivity contribution in [3.8, 4) is 0 Å². The highest BCUT2D eigenvalue weighted by Crippen LogP contribution is 2.29. The third kappa shape index (κ3) is 3.08. The highest BCUT2D eigenvalue weighted by Gasteiger charge is 2.32. The molecule has 1 aliphatic heterocycles. The maximum Gasteiger partial charge on any atom is 0.237 e. The van der Waals surface area contributed by atoms with E-state index in [2.05, 4.69) is 10.2 Å². The first-order valence-electron chi connectivity index (χ1n) is 5.85. The van der Waals surface area contributed by atoms with Gasteiger partial charge in [0, 0.05) is 25.2 Å². The summed E-state index contributed by atoms with van der Waals surface area (Å²) in [6.45, 7) is 3.98. The van der Waals surface area contributed by atoms with Crippen LogP contribution >= 0.6 is 11.6 Å². The monoisotopic (exact) mass is 230 g/mol. The van der Waals surface area contributed by atoms with E-state index in [1.807, 2.05) is 0 Å². The number of likely N-dealkylation sites (tertiary alicyclic amines) is 1. The first-order chi connectivity index (χ1) is 7.16. The number of nitrogens with one attached hydrogen (secondary N) is 1. The first-order valence-corrected chi connectivity index (χ1v) is 6.29. The van der Waals surface area contributed by atoms with Crippen molar-refractivity contribution in [1.82, 2.24) is 10.2 Å². The Morgan fingerprint density at radius 2 is 1.93 bits per heavy atom. The number of carbonyl (C=O) groups is 1. The Morgan fingerprint density at radius 3 is 2.40 bits per heavy atom. The minimum atomic E-state index is -0.411. The summed E-state index contributed by atoms with van der Waals surface area (Å²) in [6.07, 6.45) is 4.89. The SMILES string of the molecule is CC(Cl)C(=O)NC1CCN(C2CC2)CC1. The maximum atomic E-state index is 11.4. The molecule has 2 fully saturated rings. The van der Waals surface area contributed by atoms with Crippen molar-refractivity contribution in [3.05, 3.63) is 0 Å². The fourth-order valence-electron chi connectivity index (χ4n) is 2.16. The molecule has 1 N–H and O–H groups in total. The van der Waals surface area contributed by atoms with Crippen LogP contribution < -0.4 is 5.32 Å².